The Labute approximate surface area is 199 Å². The number of hydrogen-bond donors (Lipinski definition) is 2. The summed E-state index contributed by atoms with van der Waals surface area (Å²) in [6.07, 6.45) is 8.53. The maximum Gasteiger partial charge on any atom is 0.155 e. The maximum absolute atomic E-state index is 12.2. The van der Waals surface area contributed by atoms with E-state index in [1.807, 2.05) is 18.2 Å². The second kappa shape index (κ2) is 7.74. The van der Waals surface area contributed by atoms with Crippen LogP contribution in [0.5, 0.6) is 0 Å². The van der Waals surface area contributed by atoms with E-state index in [2.05, 4.69) is 51.7 Å². The topological polar surface area (TPSA) is 63.3 Å². The molecule has 3 N–H and O–H groups in total. The van der Waals surface area contributed by atoms with Crippen LogP contribution in [0.4, 0.5) is 5.69 Å². The summed E-state index contributed by atoms with van der Waals surface area (Å²) in [5, 5.41) is 12.0. The Hall–Kier alpha value is -2.05. The standard InChI is InChI=1S/C30H39NO2/c1-28(2,3)15-16-30(33)14-13-26-24-11-7-20-17-22(32)10-12-23(20)27(24)25(18-29(26,30)4)19-5-8-21(31)9-6-19/h5-6,8-9,17,23-27,33H,7,10-14,18,31H2,1-4H3/t23-,24-,25+,26-,27?,29-,30+/m0/s1. The number of anilines is 1. The summed E-state index contributed by atoms with van der Waals surface area (Å²) in [5.41, 5.74) is 8.24. The first-order valence-corrected chi connectivity index (χ1v) is 12.9. The number of nitrogen functional groups attached to an aromatic ring is 1. The van der Waals surface area contributed by atoms with Crippen LogP contribution in [-0.4, -0.2) is 16.5 Å². The van der Waals surface area contributed by atoms with Crippen molar-refractivity contribution in [2.75, 3.05) is 5.73 Å². The van der Waals surface area contributed by atoms with E-state index in [1.54, 1.807) is 0 Å². The van der Waals surface area contributed by atoms with Crippen LogP contribution in [0.15, 0.2) is 35.9 Å². The minimum atomic E-state index is -0.944. The van der Waals surface area contributed by atoms with Gasteiger partial charge < -0.3 is 10.8 Å². The van der Waals surface area contributed by atoms with Crippen molar-refractivity contribution in [2.45, 2.75) is 84.2 Å². The smallest absolute Gasteiger partial charge is 0.155 e. The van der Waals surface area contributed by atoms with Crippen molar-refractivity contribution in [3.8, 4) is 11.8 Å². The van der Waals surface area contributed by atoms with Crippen LogP contribution in [0, 0.1) is 46.3 Å². The molecule has 0 aliphatic heterocycles. The van der Waals surface area contributed by atoms with Gasteiger partial charge in [0, 0.05) is 22.9 Å². The Kier molecular flexibility index (Phi) is 5.33. The molecule has 33 heavy (non-hydrogen) atoms. The predicted octanol–water partition coefficient (Wildman–Crippen LogP) is 5.88. The summed E-state index contributed by atoms with van der Waals surface area (Å²) in [5.74, 6) is 9.49. The lowest BCUT2D eigenvalue weighted by molar-refractivity contribution is -0.117. The number of fused-ring (bicyclic) bond motifs is 5. The van der Waals surface area contributed by atoms with Crippen molar-refractivity contribution >= 4 is 11.5 Å². The van der Waals surface area contributed by atoms with E-state index in [0.29, 0.717) is 41.8 Å². The van der Waals surface area contributed by atoms with Crippen LogP contribution in [0.25, 0.3) is 0 Å². The Bertz CT molecular complexity index is 1040. The first kappa shape index (κ1) is 22.7. The van der Waals surface area contributed by atoms with Crippen LogP contribution in [-0.2, 0) is 4.79 Å². The molecule has 176 valence electrons. The van der Waals surface area contributed by atoms with Crippen molar-refractivity contribution in [1.82, 2.24) is 0 Å². The number of allylic oxidation sites excluding steroid dienone is 1. The molecule has 3 saturated carbocycles. The first-order chi connectivity index (χ1) is 15.5. The van der Waals surface area contributed by atoms with Crippen molar-refractivity contribution < 1.29 is 9.90 Å². The zero-order chi connectivity index (χ0) is 23.6. The number of nitrogens with two attached hydrogens (primary N) is 1. The fraction of sp³-hybridized carbons (Fsp3) is 0.633. The van der Waals surface area contributed by atoms with Gasteiger partial charge in [-0.25, -0.2) is 0 Å². The van der Waals surface area contributed by atoms with Gasteiger partial charge in [-0.05, 0) is 113 Å². The molecule has 3 fully saturated rings. The highest BCUT2D eigenvalue weighted by Crippen LogP contribution is 2.68. The number of ketones is 1. The van der Waals surface area contributed by atoms with Gasteiger partial charge in [0.1, 0.15) is 5.60 Å². The quantitative estimate of drug-likeness (QED) is 0.419. The predicted molar refractivity (Wildman–Crippen MR) is 133 cm³/mol. The Balaban J connectivity index is 1.60. The average molecular weight is 446 g/mol. The zero-order valence-corrected chi connectivity index (χ0v) is 20.7. The highest BCUT2D eigenvalue weighted by molar-refractivity contribution is 5.91. The number of carbonyl (C=O) groups is 1. The molecule has 0 aromatic heterocycles. The lowest BCUT2D eigenvalue weighted by Gasteiger charge is -2.58. The fourth-order valence-corrected chi connectivity index (χ4v) is 7.89. The molecular formula is C30H39NO2. The number of aliphatic hydroxyl groups is 1. The van der Waals surface area contributed by atoms with Crippen LogP contribution < -0.4 is 5.73 Å². The fourth-order valence-electron chi connectivity index (χ4n) is 7.89. The molecular weight excluding hydrogens is 406 g/mol. The third kappa shape index (κ3) is 3.75. The Morgan fingerprint density at radius 3 is 2.48 bits per heavy atom. The lowest BCUT2D eigenvalue weighted by Crippen LogP contribution is -2.54. The average Bonchev–Trinajstić information content (AvgIpc) is 3.02. The van der Waals surface area contributed by atoms with Crippen molar-refractivity contribution in [2.24, 2.45) is 34.5 Å². The van der Waals surface area contributed by atoms with Gasteiger partial charge in [0.2, 0.25) is 0 Å². The maximum atomic E-state index is 12.2. The van der Waals surface area contributed by atoms with Gasteiger partial charge in [0.25, 0.3) is 0 Å². The van der Waals surface area contributed by atoms with E-state index in [1.165, 1.54) is 11.1 Å². The van der Waals surface area contributed by atoms with Crippen LogP contribution >= 0.6 is 0 Å². The van der Waals surface area contributed by atoms with E-state index in [9.17, 15) is 9.90 Å². The summed E-state index contributed by atoms with van der Waals surface area (Å²) in [6.45, 7) is 8.67. The minimum absolute atomic E-state index is 0.128. The van der Waals surface area contributed by atoms with Crippen molar-refractivity contribution in [1.29, 1.82) is 0 Å². The van der Waals surface area contributed by atoms with Crippen LogP contribution in [0.2, 0.25) is 0 Å². The molecule has 7 atom stereocenters. The molecule has 4 aliphatic rings. The molecule has 5 rings (SSSR count). The lowest BCUT2D eigenvalue weighted by atomic mass is 9.46. The molecule has 0 saturated heterocycles. The number of benzene rings is 1. The van der Waals surface area contributed by atoms with Crippen LogP contribution in [0.1, 0.15) is 84.1 Å². The summed E-state index contributed by atoms with van der Waals surface area (Å²) >= 11 is 0. The molecule has 0 bridgehead atoms. The molecule has 0 amide bonds. The molecule has 1 aromatic rings. The SMILES string of the molecule is CC(C)(C)C#C[C@]1(O)CC[C@H]2[C@@H]3CCC4=CC(=O)CC[C@@H]4C3[C@@H](c3ccc(N)cc3)C[C@@]21C. The minimum Gasteiger partial charge on any atom is -0.399 e. The van der Waals surface area contributed by atoms with Gasteiger partial charge in [0.15, 0.2) is 5.78 Å². The molecule has 1 aromatic carbocycles. The first-order valence-electron chi connectivity index (χ1n) is 12.9. The van der Waals surface area contributed by atoms with E-state index >= 15 is 0 Å². The van der Waals surface area contributed by atoms with Gasteiger partial charge in [-0.2, -0.15) is 0 Å². The van der Waals surface area contributed by atoms with Gasteiger partial charge in [-0.3, -0.25) is 4.79 Å². The van der Waals surface area contributed by atoms with Gasteiger partial charge >= 0.3 is 0 Å². The number of hydrogen-bond acceptors (Lipinski definition) is 3. The number of rotatable bonds is 1. The molecule has 3 nitrogen and oxygen atoms in total. The monoisotopic (exact) mass is 445 g/mol. The van der Waals surface area contributed by atoms with E-state index in [4.69, 9.17) is 5.73 Å². The van der Waals surface area contributed by atoms with Crippen molar-refractivity contribution in [3.63, 3.8) is 0 Å². The van der Waals surface area contributed by atoms with Gasteiger partial charge in [0.05, 0.1) is 0 Å². The molecule has 0 radical (unpaired) electrons. The highest BCUT2D eigenvalue weighted by Gasteiger charge is 2.64. The Morgan fingerprint density at radius 2 is 1.79 bits per heavy atom. The summed E-state index contributed by atoms with van der Waals surface area (Å²) < 4.78 is 0. The molecule has 0 spiro atoms. The molecule has 0 heterocycles. The van der Waals surface area contributed by atoms with Gasteiger partial charge in [-0.15, -0.1) is 0 Å². The van der Waals surface area contributed by atoms with E-state index in [0.717, 1.165) is 44.2 Å². The summed E-state index contributed by atoms with van der Waals surface area (Å²) in [4.78, 5) is 12.2. The number of carbonyl (C=O) groups excluding carboxylic acids is 1. The van der Waals surface area contributed by atoms with Crippen molar-refractivity contribution in [3.05, 3.63) is 41.5 Å². The normalized spacial score (nSPS) is 40.1. The summed E-state index contributed by atoms with van der Waals surface area (Å²) in [7, 11) is 0. The Morgan fingerprint density at radius 1 is 1.06 bits per heavy atom. The third-order valence-corrected chi connectivity index (χ3v) is 9.46. The molecule has 1 unspecified atom stereocenters. The van der Waals surface area contributed by atoms with Crippen LogP contribution in [0.3, 0.4) is 0 Å². The summed E-state index contributed by atoms with van der Waals surface area (Å²) in [6, 6.07) is 8.43. The molecule has 3 heteroatoms. The van der Waals surface area contributed by atoms with Gasteiger partial charge in [-0.1, -0.05) is 36.5 Å². The molecule has 4 aliphatic carbocycles. The van der Waals surface area contributed by atoms with E-state index in [-0.39, 0.29) is 10.8 Å². The third-order valence-electron chi connectivity index (χ3n) is 9.46. The largest absolute Gasteiger partial charge is 0.399 e. The second-order valence-corrected chi connectivity index (χ2v) is 12.5. The highest BCUT2D eigenvalue weighted by atomic mass is 16.3. The van der Waals surface area contributed by atoms with E-state index < -0.39 is 5.60 Å². The second-order valence-electron chi connectivity index (χ2n) is 12.5. The zero-order valence-electron chi connectivity index (χ0n) is 20.7.